The molecule has 3 nitrogen and oxygen atoms in total. The van der Waals surface area contributed by atoms with Gasteiger partial charge in [-0.25, -0.2) is 13.8 Å². The van der Waals surface area contributed by atoms with Crippen LogP contribution < -0.4 is 0 Å². The molecule has 0 bridgehead atoms. The molecule has 1 aromatic carbocycles. The van der Waals surface area contributed by atoms with Crippen LogP contribution in [0.2, 0.25) is 0 Å². The molecule has 0 fully saturated rings. The summed E-state index contributed by atoms with van der Waals surface area (Å²) < 4.78 is 26.5. The van der Waals surface area contributed by atoms with Gasteiger partial charge in [0.25, 0.3) is 0 Å². The maximum Gasteiger partial charge on any atom is 0.228 e. The molecule has 1 unspecified atom stereocenters. The highest BCUT2D eigenvalue weighted by atomic mass is 32.1. The van der Waals surface area contributed by atoms with Gasteiger partial charge in [-0.15, -0.1) is 11.3 Å². The van der Waals surface area contributed by atoms with Crippen LogP contribution in [0.15, 0.2) is 40.4 Å². The van der Waals surface area contributed by atoms with Gasteiger partial charge in [-0.2, -0.15) is 11.3 Å². The highest BCUT2D eigenvalue weighted by molar-refractivity contribution is 7.14. The van der Waals surface area contributed by atoms with E-state index in [1.807, 2.05) is 22.2 Å². The number of aromatic nitrogens is 1. The SMILES string of the molecule is CC(c1ccc(F)c(F)c1)N(C)C(=O)Cc1csc(-c2ccsc2)n1. The van der Waals surface area contributed by atoms with Crippen LogP contribution >= 0.6 is 22.7 Å². The fraction of sp³-hybridized carbons (Fsp3) is 0.222. The van der Waals surface area contributed by atoms with Gasteiger partial charge in [-0.3, -0.25) is 4.79 Å². The van der Waals surface area contributed by atoms with E-state index in [0.29, 0.717) is 11.3 Å². The highest BCUT2D eigenvalue weighted by Gasteiger charge is 2.20. The van der Waals surface area contributed by atoms with E-state index in [9.17, 15) is 13.6 Å². The number of rotatable bonds is 5. The Kier molecular flexibility index (Phi) is 5.24. The number of carbonyl (C=O) groups excluding carboxylic acids is 1. The molecule has 0 aliphatic rings. The van der Waals surface area contributed by atoms with Gasteiger partial charge < -0.3 is 4.90 Å². The van der Waals surface area contributed by atoms with Crippen molar-refractivity contribution in [2.75, 3.05) is 7.05 Å². The number of carbonyl (C=O) groups is 1. The minimum absolute atomic E-state index is 0.126. The van der Waals surface area contributed by atoms with E-state index in [1.54, 1.807) is 25.3 Å². The number of hydrogen-bond acceptors (Lipinski definition) is 4. The van der Waals surface area contributed by atoms with Crippen LogP contribution in [0.5, 0.6) is 0 Å². The quantitative estimate of drug-likeness (QED) is 0.632. The number of benzene rings is 1. The van der Waals surface area contributed by atoms with Crippen LogP contribution in [-0.4, -0.2) is 22.8 Å². The van der Waals surface area contributed by atoms with E-state index in [-0.39, 0.29) is 18.4 Å². The Morgan fingerprint density at radius 2 is 2.04 bits per heavy atom. The first-order valence-electron chi connectivity index (χ1n) is 7.63. The first kappa shape index (κ1) is 17.7. The maximum absolute atomic E-state index is 13.4. The van der Waals surface area contributed by atoms with E-state index in [0.717, 1.165) is 22.7 Å². The van der Waals surface area contributed by atoms with Crippen LogP contribution in [0.4, 0.5) is 8.78 Å². The Balaban J connectivity index is 1.69. The van der Waals surface area contributed by atoms with Gasteiger partial charge in [0.1, 0.15) is 5.01 Å². The van der Waals surface area contributed by atoms with Crippen LogP contribution in [0.3, 0.4) is 0 Å². The zero-order valence-electron chi connectivity index (χ0n) is 13.7. The van der Waals surface area contributed by atoms with Crippen LogP contribution in [-0.2, 0) is 11.2 Å². The molecule has 130 valence electrons. The van der Waals surface area contributed by atoms with Crippen LogP contribution in [0.25, 0.3) is 10.6 Å². The smallest absolute Gasteiger partial charge is 0.228 e. The van der Waals surface area contributed by atoms with Crippen molar-refractivity contribution in [2.45, 2.75) is 19.4 Å². The molecule has 0 saturated carbocycles. The number of hydrogen-bond donors (Lipinski definition) is 0. The molecule has 3 aromatic rings. The van der Waals surface area contributed by atoms with Crippen molar-refractivity contribution < 1.29 is 13.6 Å². The third kappa shape index (κ3) is 3.93. The third-order valence-corrected chi connectivity index (χ3v) is 5.68. The molecule has 3 rings (SSSR count). The molecule has 1 amide bonds. The maximum atomic E-state index is 13.4. The van der Waals surface area contributed by atoms with Gasteiger partial charge in [0.15, 0.2) is 11.6 Å². The Morgan fingerprint density at radius 3 is 2.72 bits per heavy atom. The summed E-state index contributed by atoms with van der Waals surface area (Å²) in [6, 6.07) is 5.32. The van der Waals surface area contributed by atoms with Gasteiger partial charge in [0, 0.05) is 23.4 Å². The molecule has 7 heteroatoms. The lowest BCUT2D eigenvalue weighted by Gasteiger charge is -2.25. The summed E-state index contributed by atoms with van der Waals surface area (Å²) in [5, 5.41) is 6.77. The number of nitrogens with zero attached hydrogens (tertiary/aromatic N) is 2. The summed E-state index contributed by atoms with van der Waals surface area (Å²) in [6.45, 7) is 1.78. The Bertz CT molecular complexity index is 877. The second-order valence-corrected chi connectivity index (χ2v) is 7.33. The molecule has 0 aliphatic carbocycles. The topological polar surface area (TPSA) is 33.2 Å². The van der Waals surface area contributed by atoms with Crippen molar-refractivity contribution in [1.29, 1.82) is 0 Å². The number of amides is 1. The first-order valence-corrected chi connectivity index (χ1v) is 9.45. The monoisotopic (exact) mass is 378 g/mol. The third-order valence-electron chi connectivity index (χ3n) is 4.05. The lowest BCUT2D eigenvalue weighted by Crippen LogP contribution is -2.31. The zero-order chi connectivity index (χ0) is 18.0. The lowest BCUT2D eigenvalue weighted by atomic mass is 10.1. The zero-order valence-corrected chi connectivity index (χ0v) is 15.3. The molecule has 0 saturated heterocycles. The molecule has 2 aromatic heterocycles. The van der Waals surface area contributed by atoms with E-state index in [2.05, 4.69) is 4.98 Å². The molecule has 0 radical (unpaired) electrons. The summed E-state index contributed by atoms with van der Waals surface area (Å²) in [5.74, 6) is -1.93. The van der Waals surface area contributed by atoms with E-state index in [1.165, 1.54) is 22.3 Å². The predicted octanol–water partition coefficient (Wildman–Crippen LogP) is 4.91. The molecular weight excluding hydrogens is 362 g/mol. The van der Waals surface area contributed by atoms with Crippen LogP contribution in [0.1, 0.15) is 24.2 Å². The van der Waals surface area contributed by atoms with Gasteiger partial charge in [0.2, 0.25) is 5.91 Å². The van der Waals surface area contributed by atoms with Crippen LogP contribution in [0, 0.1) is 11.6 Å². The Labute approximate surface area is 152 Å². The van der Waals surface area contributed by atoms with Gasteiger partial charge in [0.05, 0.1) is 18.2 Å². The number of thiophene rings is 1. The predicted molar refractivity (Wildman–Crippen MR) is 96.7 cm³/mol. The number of likely N-dealkylation sites (N-methyl/N-ethyl adjacent to an activating group) is 1. The van der Waals surface area contributed by atoms with Crippen molar-refractivity contribution in [2.24, 2.45) is 0 Å². The minimum Gasteiger partial charge on any atom is -0.339 e. The van der Waals surface area contributed by atoms with Crippen molar-refractivity contribution in [3.8, 4) is 10.6 Å². The van der Waals surface area contributed by atoms with Crippen molar-refractivity contribution in [3.05, 3.63) is 63.3 Å². The van der Waals surface area contributed by atoms with E-state index >= 15 is 0 Å². The summed E-state index contributed by atoms with van der Waals surface area (Å²) in [7, 11) is 1.65. The van der Waals surface area contributed by atoms with Gasteiger partial charge in [-0.1, -0.05) is 6.07 Å². The minimum atomic E-state index is -0.912. The van der Waals surface area contributed by atoms with Crippen molar-refractivity contribution in [3.63, 3.8) is 0 Å². The Hall–Kier alpha value is -2.12. The molecule has 2 heterocycles. The fourth-order valence-electron chi connectivity index (χ4n) is 2.40. The molecule has 0 aliphatic heterocycles. The number of halogens is 2. The second kappa shape index (κ2) is 7.41. The largest absolute Gasteiger partial charge is 0.339 e. The van der Waals surface area contributed by atoms with E-state index in [4.69, 9.17) is 0 Å². The second-order valence-electron chi connectivity index (χ2n) is 5.69. The molecule has 0 N–H and O–H groups in total. The van der Waals surface area contributed by atoms with Gasteiger partial charge in [-0.05, 0) is 36.1 Å². The summed E-state index contributed by atoms with van der Waals surface area (Å²) >= 11 is 3.10. The number of thiazole rings is 1. The van der Waals surface area contributed by atoms with Gasteiger partial charge >= 0.3 is 0 Å². The molecule has 25 heavy (non-hydrogen) atoms. The molecular formula is C18H16F2N2OS2. The summed E-state index contributed by atoms with van der Waals surface area (Å²) in [4.78, 5) is 18.5. The van der Waals surface area contributed by atoms with E-state index < -0.39 is 11.6 Å². The fourth-order valence-corrected chi connectivity index (χ4v) is 3.93. The Morgan fingerprint density at radius 1 is 1.24 bits per heavy atom. The first-order chi connectivity index (χ1) is 12.0. The summed E-state index contributed by atoms with van der Waals surface area (Å²) in [5.41, 5.74) is 2.31. The normalized spacial score (nSPS) is 12.2. The lowest BCUT2D eigenvalue weighted by molar-refractivity contribution is -0.131. The van der Waals surface area contributed by atoms with Crippen molar-refractivity contribution in [1.82, 2.24) is 9.88 Å². The average molecular weight is 378 g/mol. The average Bonchev–Trinajstić information content (AvgIpc) is 3.27. The standard InChI is InChI=1S/C18H16F2N2OS2/c1-11(12-3-4-15(19)16(20)7-12)22(2)17(23)8-14-10-25-18(21-14)13-5-6-24-9-13/h3-7,9-11H,8H2,1-2H3. The summed E-state index contributed by atoms with van der Waals surface area (Å²) in [6.07, 6.45) is 0.172. The van der Waals surface area contributed by atoms with Crippen molar-refractivity contribution >= 4 is 28.6 Å². The highest BCUT2D eigenvalue weighted by Crippen LogP contribution is 2.27. The molecule has 1 atom stereocenters. The molecule has 0 spiro atoms.